The lowest BCUT2D eigenvalue weighted by Gasteiger charge is -3.04. The van der Waals surface area contributed by atoms with Crippen LogP contribution in [0.15, 0.2) is 0 Å². The van der Waals surface area contributed by atoms with E-state index in [9.17, 15) is 9.59 Å². The Morgan fingerprint density at radius 2 is 1.26 bits per heavy atom. The monoisotopic (exact) mass is 256 g/mol. The van der Waals surface area contributed by atoms with E-state index in [-0.39, 0.29) is 23.8 Å². The molecule has 8 rings (SSSR count). The first kappa shape index (κ1) is 9.15. The highest BCUT2D eigenvalue weighted by Crippen LogP contribution is 3.05. The standard InChI is InChI=1S/C16H16O3/c17-13-7-8(14(18)19-13)10-6-5-9(7)15-3-1-2-4-16(10,15)12(6)11(5)15/h5-12H,1-4H2/t5-,6+,7-,8-,9+,10+,11-,12+,15+,16+/m0/s1. The molecule has 0 N–H and O–H groups in total. The molecule has 2 bridgehead atoms. The summed E-state index contributed by atoms with van der Waals surface area (Å²) in [6.07, 6.45) is 5.41. The summed E-state index contributed by atoms with van der Waals surface area (Å²) in [5.74, 6) is 4.27. The molecule has 0 aromatic heterocycles. The molecule has 8 fully saturated rings. The van der Waals surface area contributed by atoms with Crippen molar-refractivity contribution in [3.63, 3.8) is 0 Å². The number of carbonyl (C=O) groups is 2. The van der Waals surface area contributed by atoms with Gasteiger partial charge in [-0.3, -0.25) is 9.59 Å². The number of cyclic esters (lactones) is 2. The summed E-state index contributed by atoms with van der Waals surface area (Å²) in [5, 5.41) is 0. The molecule has 1 aliphatic heterocycles. The molecule has 0 amide bonds. The second-order valence-corrected chi connectivity index (χ2v) is 8.34. The molecular weight excluding hydrogens is 240 g/mol. The number of ether oxygens (including phenoxy) is 1. The van der Waals surface area contributed by atoms with Crippen LogP contribution in [0, 0.1) is 58.2 Å². The number of hydrogen-bond donors (Lipinski definition) is 0. The Balaban J connectivity index is 1.51. The summed E-state index contributed by atoms with van der Waals surface area (Å²) < 4.78 is 5.06. The van der Waals surface area contributed by atoms with Gasteiger partial charge in [0, 0.05) is 0 Å². The highest BCUT2D eigenvalue weighted by atomic mass is 16.6. The zero-order valence-corrected chi connectivity index (χ0v) is 10.7. The maximum absolute atomic E-state index is 12.1. The third-order valence-corrected chi connectivity index (χ3v) is 9.07. The first-order valence-electron chi connectivity index (χ1n) is 8.01. The van der Waals surface area contributed by atoms with Gasteiger partial charge in [0.05, 0.1) is 11.8 Å². The van der Waals surface area contributed by atoms with Crippen molar-refractivity contribution in [1.82, 2.24) is 0 Å². The Hall–Kier alpha value is -0.860. The second-order valence-electron chi connectivity index (χ2n) is 8.34. The smallest absolute Gasteiger partial charge is 0.317 e. The van der Waals surface area contributed by atoms with E-state index >= 15 is 0 Å². The van der Waals surface area contributed by atoms with Gasteiger partial charge in [-0.25, -0.2) is 0 Å². The van der Waals surface area contributed by atoms with Crippen LogP contribution in [0.4, 0.5) is 0 Å². The van der Waals surface area contributed by atoms with Gasteiger partial charge in [-0.1, -0.05) is 12.8 Å². The maximum Gasteiger partial charge on any atom is 0.317 e. The molecule has 0 radical (unpaired) electrons. The predicted octanol–water partition coefficient (Wildman–Crippen LogP) is 1.61. The second kappa shape index (κ2) is 2.10. The lowest BCUT2D eigenvalue weighted by atomic mass is 8.99. The topological polar surface area (TPSA) is 43.4 Å². The fraction of sp³-hybridized carbons (Fsp3) is 0.875. The average molecular weight is 256 g/mol. The van der Waals surface area contributed by atoms with Gasteiger partial charge in [0.15, 0.2) is 0 Å². The van der Waals surface area contributed by atoms with Crippen LogP contribution in [-0.2, 0) is 14.3 Å². The number of carbonyl (C=O) groups excluding carboxylic acids is 2. The van der Waals surface area contributed by atoms with Crippen LogP contribution in [0.1, 0.15) is 25.7 Å². The highest BCUT2D eigenvalue weighted by molar-refractivity contribution is 5.98. The minimum atomic E-state index is -0.161. The third-order valence-electron chi connectivity index (χ3n) is 9.07. The van der Waals surface area contributed by atoms with E-state index in [0.717, 1.165) is 23.7 Å². The fourth-order valence-corrected chi connectivity index (χ4v) is 9.46. The molecule has 1 saturated heterocycles. The van der Waals surface area contributed by atoms with Crippen molar-refractivity contribution < 1.29 is 14.3 Å². The van der Waals surface area contributed by atoms with E-state index in [4.69, 9.17) is 4.74 Å². The highest BCUT2D eigenvalue weighted by Gasteiger charge is 3.03. The molecule has 3 nitrogen and oxygen atoms in total. The molecule has 10 atom stereocenters. The van der Waals surface area contributed by atoms with Crippen LogP contribution < -0.4 is 0 Å². The van der Waals surface area contributed by atoms with Gasteiger partial charge >= 0.3 is 11.9 Å². The summed E-state index contributed by atoms with van der Waals surface area (Å²) in [6, 6.07) is 0. The van der Waals surface area contributed by atoms with Gasteiger partial charge in [-0.05, 0) is 59.2 Å². The summed E-state index contributed by atoms with van der Waals surface area (Å²) >= 11 is 0. The van der Waals surface area contributed by atoms with E-state index in [1.165, 1.54) is 25.7 Å². The van der Waals surface area contributed by atoms with Crippen LogP contribution in [0.2, 0.25) is 0 Å². The third kappa shape index (κ3) is 0.494. The van der Waals surface area contributed by atoms with Crippen LogP contribution in [0.5, 0.6) is 0 Å². The first-order chi connectivity index (χ1) is 9.25. The van der Waals surface area contributed by atoms with Crippen LogP contribution in [-0.4, -0.2) is 11.9 Å². The fourth-order valence-electron chi connectivity index (χ4n) is 9.46. The average Bonchev–Trinajstić information content (AvgIpc) is 2.64. The molecule has 0 aromatic rings. The van der Waals surface area contributed by atoms with Gasteiger partial charge in [-0.15, -0.1) is 0 Å². The molecule has 3 heteroatoms. The molecular formula is C16H16O3. The van der Waals surface area contributed by atoms with E-state index in [2.05, 4.69) is 0 Å². The molecule has 7 saturated carbocycles. The van der Waals surface area contributed by atoms with Crippen molar-refractivity contribution in [1.29, 1.82) is 0 Å². The molecule has 0 aromatic carbocycles. The quantitative estimate of drug-likeness (QED) is 0.488. The summed E-state index contributed by atoms with van der Waals surface area (Å²) in [6.45, 7) is 0. The molecule has 0 unspecified atom stereocenters. The van der Waals surface area contributed by atoms with E-state index in [0.29, 0.717) is 22.7 Å². The Kier molecular flexibility index (Phi) is 1.01. The van der Waals surface area contributed by atoms with Crippen molar-refractivity contribution in [2.24, 2.45) is 58.2 Å². The first-order valence-corrected chi connectivity index (χ1v) is 8.01. The lowest BCUT2D eigenvalue weighted by Crippen LogP contribution is -3.02. The normalized spacial score (nSPS) is 75.6. The van der Waals surface area contributed by atoms with E-state index < -0.39 is 0 Å². The van der Waals surface area contributed by atoms with Crippen LogP contribution >= 0.6 is 0 Å². The summed E-state index contributed by atoms with van der Waals surface area (Å²) in [4.78, 5) is 24.3. The van der Waals surface area contributed by atoms with Gasteiger partial charge in [0.2, 0.25) is 0 Å². The Morgan fingerprint density at radius 3 is 1.74 bits per heavy atom. The number of rotatable bonds is 0. The van der Waals surface area contributed by atoms with Gasteiger partial charge in [0.25, 0.3) is 0 Å². The number of hydrogen-bond acceptors (Lipinski definition) is 3. The molecule has 8 aliphatic rings. The van der Waals surface area contributed by atoms with Crippen molar-refractivity contribution in [3.8, 4) is 0 Å². The Bertz CT molecular complexity index is 559. The molecule has 98 valence electrons. The van der Waals surface area contributed by atoms with Gasteiger partial charge < -0.3 is 4.74 Å². The van der Waals surface area contributed by atoms with E-state index in [1.54, 1.807) is 0 Å². The summed E-state index contributed by atoms with van der Waals surface area (Å²) in [5.41, 5.74) is 1.01. The SMILES string of the molecule is O=C1OC(=O)[C@H]2[C@H]1[C@H]1[C@H]3[C@H]4[C@H]2[C@@]25CCCC[C@]12[C@H]3[C@H]45. The zero-order chi connectivity index (χ0) is 12.3. The molecule has 1 heterocycles. The largest absolute Gasteiger partial charge is 0.393 e. The minimum Gasteiger partial charge on any atom is -0.393 e. The van der Waals surface area contributed by atoms with Crippen molar-refractivity contribution in [2.45, 2.75) is 25.7 Å². The van der Waals surface area contributed by atoms with Crippen molar-refractivity contribution in [3.05, 3.63) is 0 Å². The minimum absolute atomic E-state index is 0.0255. The Morgan fingerprint density at radius 1 is 0.789 bits per heavy atom. The number of esters is 2. The zero-order valence-electron chi connectivity index (χ0n) is 10.7. The molecule has 19 heavy (non-hydrogen) atoms. The predicted molar refractivity (Wildman–Crippen MR) is 62.4 cm³/mol. The molecule has 2 spiro atoms. The van der Waals surface area contributed by atoms with Crippen molar-refractivity contribution >= 4 is 11.9 Å². The maximum atomic E-state index is 12.1. The van der Waals surface area contributed by atoms with Gasteiger partial charge in [0.1, 0.15) is 0 Å². The van der Waals surface area contributed by atoms with Crippen molar-refractivity contribution in [2.75, 3.05) is 0 Å². The Labute approximate surface area is 111 Å². The van der Waals surface area contributed by atoms with E-state index in [1.807, 2.05) is 0 Å². The van der Waals surface area contributed by atoms with Crippen LogP contribution in [0.3, 0.4) is 0 Å². The summed E-state index contributed by atoms with van der Waals surface area (Å²) in [7, 11) is 0. The lowest BCUT2D eigenvalue weighted by molar-refractivity contribution is -0.581. The molecule has 7 aliphatic carbocycles. The van der Waals surface area contributed by atoms with Crippen LogP contribution in [0.25, 0.3) is 0 Å². The van der Waals surface area contributed by atoms with Gasteiger partial charge in [-0.2, -0.15) is 0 Å².